The van der Waals surface area contributed by atoms with Gasteiger partial charge in [0.15, 0.2) is 11.5 Å². The summed E-state index contributed by atoms with van der Waals surface area (Å²) in [5, 5.41) is 20.1. The third-order valence-corrected chi connectivity index (χ3v) is 3.50. The lowest BCUT2D eigenvalue weighted by Crippen LogP contribution is -2.37. The molecule has 18 heavy (non-hydrogen) atoms. The highest BCUT2D eigenvalue weighted by Crippen LogP contribution is 2.31. The van der Waals surface area contributed by atoms with Gasteiger partial charge >= 0.3 is 0 Å². The number of hydrogen-bond donors (Lipinski definition) is 3. The van der Waals surface area contributed by atoms with Gasteiger partial charge in [-0.15, -0.1) is 0 Å². The summed E-state index contributed by atoms with van der Waals surface area (Å²) in [6.07, 6.45) is 3.88. The maximum Gasteiger partial charge on any atom is 0.165 e. The van der Waals surface area contributed by atoms with Crippen molar-refractivity contribution in [3.05, 3.63) is 12.7 Å². The lowest BCUT2D eigenvalue weighted by Gasteiger charge is -2.33. The number of nitrogens with two attached hydrogens (primary N) is 1. The van der Waals surface area contributed by atoms with Crippen molar-refractivity contribution >= 4 is 17.0 Å². The van der Waals surface area contributed by atoms with Crippen LogP contribution in [0.3, 0.4) is 0 Å². The van der Waals surface area contributed by atoms with Crippen LogP contribution in [0.4, 0.5) is 5.82 Å². The molecule has 7 nitrogen and oxygen atoms in total. The highest BCUT2D eigenvalue weighted by molar-refractivity contribution is 5.81. The van der Waals surface area contributed by atoms with E-state index in [4.69, 9.17) is 5.73 Å². The molecule has 4 N–H and O–H groups in total. The van der Waals surface area contributed by atoms with Gasteiger partial charge in [0.1, 0.15) is 11.8 Å². The van der Waals surface area contributed by atoms with Crippen LogP contribution in [0.1, 0.15) is 25.3 Å². The summed E-state index contributed by atoms with van der Waals surface area (Å²) in [7, 11) is 0. The van der Waals surface area contributed by atoms with Gasteiger partial charge in [-0.2, -0.15) is 0 Å². The Morgan fingerprint density at radius 3 is 2.61 bits per heavy atom. The monoisotopic (exact) mass is 249 g/mol. The van der Waals surface area contributed by atoms with Crippen molar-refractivity contribution in [2.24, 2.45) is 0 Å². The first-order valence-electron chi connectivity index (χ1n) is 5.97. The van der Waals surface area contributed by atoms with Gasteiger partial charge < -0.3 is 20.5 Å². The number of nitrogens with zero attached hydrogens (tertiary/aromatic N) is 4. The Hall–Kier alpha value is -1.73. The lowest BCUT2D eigenvalue weighted by atomic mass is 9.90. The zero-order valence-corrected chi connectivity index (χ0v) is 9.77. The van der Waals surface area contributed by atoms with Crippen molar-refractivity contribution in [1.29, 1.82) is 0 Å². The second-order valence-electron chi connectivity index (χ2n) is 4.64. The molecule has 0 aliphatic heterocycles. The maximum absolute atomic E-state index is 10.1. The van der Waals surface area contributed by atoms with E-state index < -0.39 is 18.2 Å². The summed E-state index contributed by atoms with van der Waals surface area (Å²) in [5.41, 5.74) is 6.77. The van der Waals surface area contributed by atoms with Crippen molar-refractivity contribution in [3.8, 4) is 0 Å². The first kappa shape index (κ1) is 11.4. The standard InChI is InChI=1S/C11H15N5O2/c12-10-8-11(14-4-13-10)16(5-15-8)9-6(17)2-1-3-7(9)18/h4-7,9,17-18H,1-3H2,(H2,12,13,14)/t6-,7+,9?. The molecule has 1 fully saturated rings. The molecule has 3 rings (SSSR count). The molecule has 0 aromatic carbocycles. The summed E-state index contributed by atoms with van der Waals surface area (Å²) in [6, 6.07) is -0.418. The number of aliphatic hydroxyl groups excluding tert-OH is 2. The highest BCUT2D eigenvalue weighted by atomic mass is 16.3. The lowest BCUT2D eigenvalue weighted by molar-refractivity contribution is -0.0141. The van der Waals surface area contributed by atoms with E-state index in [0.717, 1.165) is 6.42 Å². The fourth-order valence-electron chi connectivity index (χ4n) is 2.59. The number of rotatable bonds is 1. The number of fused-ring (bicyclic) bond motifs is 1. The SMILES string of the molecule is Nc1ncnc2c1ncn2C1[C@H](O)CCC[C@@H]1O. The number of nitrogen functional groups attached to an aromatic ring is 1. The molecule has 1 aliphatic rings. The molecular formula is C11H15N5O2. The van der Waals surface area contributed by atoms with E-state index in [1.807, 2.05) is 0 Å². The second-order valence-corrected chi connectivity index (χ2v) is 4.64. The van der Waals surface area contributed by atoms with Crippen molar-refractivity contribution in [2.45, 2.75) is 37.5 Å². The van der Waals surface area contributed by atoms with Gasteiger partial charge in [0.05, 0.1) is 24.6 Å². The molecule has 96 valence electrons. The molecule has 0 spiro atoms. The molecule has 3 atom stereocenters. The maximum atomic E-state index is 10.1. The number of hydrogen-bond acceptors (Lipinski definition) is 6. The molecule has 0 amide bonds. The molecule has 1 aliphatic carbocycles. The van der Waals surface area contributed by atoms with Crippen LogP contribution in [0, 0.1) is 0 Å². The number of aromatic nitrogens is 4. The van der Waals surface area contributed by atoms with Crippen LogP contribution in [-0.4, -0.2) is 41.9 Å². The average molecular weight is 249 g/mol. The molecule has 1 saturated carbocycles. The van der Waals surface area contributed by atoms with E-state index in [1.54, 1.807) is 10.9 Å². The zero-order valence-electron chi connectivity index (χ0n) is 9.77. The molecule has 0 bridgehead atoms. The van der Waals surface area contributed by atoms with E-state index >= 15 is 0 Å². The van der Waals surface area contributed by atoms with E-state index in [2.05, 4.69) is 15.0 Å². The Bertz CT molecular complexity index is 560. The predicted molar refractivity (Wildman–Crippen MR) is 64.6 cm³/mol. The molecule has 2 aromatic rings. The van der Waals surface area contributed by atoms with Gasteiger partial charge in [0, 0.05) is 0 Å². The minimum absolute atomic E-state index is 0.304. The van der Waals surface area contributed by atoms with Crippen molar-refractivity contribution in [1.82, 2.24) is 19.5 Å². The molecule has 0 saturated heterocycles. The molecule has 1 unspecified atom stereocenters. The molecule has 7 heteroatoms. The number of anilines is 1. The minimum Gasteiger partial charge on any atom is -0.391 e. The van der Waals surface area contributed by atoms with Crippen LogP contribution in [0.2, 0.25) is 0 Å². The minimum atomic E-state index is -0.595. The third kappa shape index (κ3) is 1.63. The first-order chi connectivity index (χ1) is 8.68. The van der Waals surface area contributed by atoms with Crippen LogP contribution in [-0.2, 0) is 0 Å². The fourth-order valence-corrected chi connectivity index (χ4v) is 2.59. The quantitative estimate of drug-likeness (QED) is 0.648. The average Bonchev–Trinajstić information content (AvgIpc) is 2.75. The Balaban J connectivity index is 2.11. The molecule has 2 heterocycles. The molecule has 0 radical (unpaired) electrons. The van der Waals surface area contributed by atoms with E-state index in [1.165, 1.54) is 6.33 Å². The summed E-state index contributed by atoms with van der Waals surface area (Å²) in [6.45, 7) is 0. The Morgan fingerprint density at radius 2 is 1.89 bits per heavy atom. The smallest absolute Gasteiger partial charge is 0.165 e. The third-order valence-electron chi connectivity index (χ3n) is 3.50. The van der Waals surface area contributed by atoms with Gasteiger partial charge in [-0.3, -0.25) is 0 Å². The van der Waals surface area contributed by atoms with Crippen LogP contribution < -0.4 is 5.73 Å². The van der Waals surface area contributed by atoms with E-state index in [0.29, 0.717) is 29.8 Å². The number of aliphatic hydroxyl groups is 2. The first-order valence-corrected chi connectivity index (χ1v) is 5.97. The van der Waals surface area contributed by atoms with E-state index in [-0.39, 0.29) is 0 Å². The Morgan fingerprint density at radius 1 is 1.17 bits per heavy atom. The fraction of sp³-hybridized carbons (Fsp3) is 0.545. The normalized spacial score (nSPS) is 28.7. The van der Waals surface area contributed by atoms with Gasteiger partial charge in [0.25, 0.3) is 0 Å². The summed E-state index contributed by atoms with van der Waals surface area (Å²) in [4.78, 5) is 12.2. The summed E-state index contributed by atoms with van der Waals surface area (Å²) < 4.78 is 1.70. The van der Waals surface area contributed by atoms with Gasteiger partial charge in [-0.25, -0.2) is 15.0 Å². The Kier molecular flexibility index (Phi) is 2.64. The van der Waals surface area contributed by atoms with Gasteiger partial charge in [-0.1, -0.05) is 0 Å². The highest BCUT2D eigenvalue weighted by Gasteiger charge is 2.33. The second kappa shape index (κ2) is 4.18. The topological polar surface area (TPSA) is 110 Å². The van der Waals surface area contributed by atoms with Crippen molar-refractivity contribution < 1.29 is 10.2 Å². The van der Waals surface area contributed by atoms with Crippen LogP contribution in [0.15, 0.2) is 12.7 Å². The van der Waals surface area contributed by atoms with Crippen molar-refractivity contribution in [3.63, 3.8) is 0 Å². The van der Waals surface area contributed by atoms with Crippen LogP contribution in [0.25, 0.3) is 11.2 Å². The van der Waals surface area contributed by atoms with E-state index in [9.17, 15) is 10.2 Å². The molecular weight excluding hydrogens is 234 g/mol. The van der Waals surface area contributed by atoms with Gasteiger partial charge in [-0.05, 0) is 19.3 Å². The Labute approximate surface area is 103 Å². The number of imidazole rings is 1. The summed E-state index contributed by atoms with van der Waals surface area (Å²) >= 11 is 0. The molecule has 2 aromatic heterocycles. The van der Waals surface area contributed by atoms with Gasteiger partial charge in [0.2, 0.25) is 0 Å². The zero-order chi connectivity index (χ0) is 12.7. The predicted octanol–water partition coefficient (Wildman–Crippen LogP) is -0.145. The van der Waals surface area contributed by atoms with Crippen LogP contribution >= 0.6 is 0 Å². The summed E-state index contributed by atoms with van der Waals surface area (Å²) in [5.74, 6) is 0.304. The van der Waals surface area contributed by atoms with Crippen LogP contribution in [0.5, 0.6) is 0 Å². The van der Waals surface area contributed by atoms with Crippen molar-refractivity contribution in [2.75, 3.05) is 5.73 Å². The largest absolute Gasteiger partial charge is 0.391 e.